The van der Waals surface area contributed by atoms with E-state index in [1.807, 2.05) is 6.92 Å². The summed E-state index contributed by atoms with van der Waals surface area (Å²) in [5.41, 5.74) is 4.52. The van der Waals surface area contributed by atoms with Gasteiger partial charge in [0.2, 0.25) is 0 Å². The molecule has 0 saturated heterocycles. The van der Waals surface area contributed by atoms with E-state index in [0.29, 0.717) is 30.1 Å². The number of amides is 1. The molecule has 0 saturated carbocycles. The Morgan fingerprint density at radius 2 is 1.96 bits per heavy atom. The van der Waals surface area contributed by atoms with Crippen molar-refractivity contribution in [3.05, 3.63) is 72.3 Å². The summed E-state index contributed by atoms with van der Waals surface area (Å²) >= 11 is 0. The Morgan fingerprint density at radius 3 is 2.62 bits per heavy atom. The monoisotopic (exact) mass is 324 g/mol. The Bertz CT molecular complexity index is 737. The van der Waals surface area contributed by atoms with Crippen molar-refractivity contribution in [3.8, 4) is 11.5 Å². The molecule has 0 fully saturated rings. The molecule has 0 radical (unpaired) electrons. The molecule has 0 unspecified atom stereocenters. The predicted octanol–water partition coefficient (Wildman–Crippen LogP) is 3.50. The number of rotatable bonds is 7. The van der Waals surface area contributed by atoms with Gasteiger partial charge in [0.05, 0.1) is 11.3 Å². The molecular weight excluding hydrogens is 304 g/mol. The molecule has 0 spiro atoms. The van der Waals surface area contributed by atoms with E-state index in [0.717, 1.165) is 5.56 Å². The summed E-state index contributed by atoms with van der Waals surface area (Å²) in [5, 5.41) is 13.5. The largest absolute Gasteiger partial charge is 0.508 e. The van der Waals surface area contributed by atoms with Crippen LogP contribution in [0.15, 0.2) is 66.3 Å². The summed E-state index contributed by atoms with van der Waals surface area (Å²) in [7, 11) is 0. The standard InChI is InChI=1S/C19H20N2O3/c1-3-13-24-18-8-6-5-7-16(18)19(23)21-20-17(4-2)14-9-11-15(22)12-10-14/h3,5-12,22H,1,4,13H2,2H3,(H,21,23)/b20-17+. The number of aromatic hydroxyl groups is 1. The lowest BCUT2D eigenvalue weighted by atomic mass is 10.1. The number of carbonyl (C=O) groups excluding carboxylic acids is 1. The van der Waals surface area contributed by atoms with Gasteiger partial charge in [0, 0.05) is 0 Å². The summed E-state index contributed by atoms with van der Waals surface area (Å²) in [5.74, 6) is 0.318. The molecule has 0 aliphatic heterocycles. The Labute approximate surface area is 141 Å². The number of phenols is 1. The van der Waals surface area contributed by atoms with Gasteiger partial charge in [-0.2, -0.15) is 5.10 Å². The van der Waals surface area contributed by atoms with E-state index in [2.05, 4.69) is 17.1 Å². The van der Waals surface area contributed by atoms with E-state index in [1.54, 1.807) is 54.6 Å². The quantitative estimate of drug-likeness (QED) is 0.465. The second-order valence-electron chi connectivity index (χ2n) is 5.00. The summed E-state index contributed by atoms with van der Waals surface area (Å²) in [6, 6.07) is 13.6. The van der Waals surface area contributed by atoms with Crippen LogP contribution in [0.5, 0.6) is 11.5 Å². The molecule has 1 amide bonds. The van der Waals surface area contributed by atoms with Crippen molar-refractivity contribution < 1.29 is 14.6 Å². The smallest absolute Gasteiger partial charge is 0.275 e. The number of benzene rings is 2. The van der Waals surface area contributed by atoms with Gasteiger partial charge in [-0.25, -0.2) is 5.43 Å². The van der Waals surface area contributed by atoms with E-state index in [9.17, 15) is 9.90 Å². The van der Waals surface area contributed by atoms with Crippen molar-refractivity contribution in [3.63, 3.8) is 0 Å². The molecule has 24 heavy (non-hydrogen) atoms. The first-order chi connectivity index (χ1) is 11.7. The third-order valence-electron chi connectivity index (χ3n) is 3.32. The van der Waals surface area contributed by atoms with Crippen molar-refractivity contribution in [2.75, 3.05) is 6.61 Å². The number of carbonyl (C=O) groups is 1. The summed E-state index contributed by atoms with van der Waals surface area (Å²) in [4.78, 5) is 12.4. The third-order valence-corrected chi connectivity index (χ3v) is 3.32. The lowest BCUT2D eigenvalue weighted by Crippen LogP contribution is -2.20. The van der Waals surface area contributed by atoms with Crippen LogP contribution in [0.4, 0.5) is 0 Å². The van der Waals surface area contributed by atoms with Gasteiger partial charge < -0.3 is 9.84 Å². The lowest BCUT2D eigenvalue weighted by molar-refractivity contribution is 0.0951. The highest BCUT2D eigenvalue weighted by molar-refractivity contribution is 6.02. The molecule has 0 heterocycles. The lowest BCUT2D eigenvalue weighted by Gasteiger charge is -2.09. The van der Waals surface area contributed by atoms with E-state index in [1.165, 1.54) is 0 Å². The van der Waals surface area contributed by atoms with Crippen LogP contribution in [-0.2, 0) is 0 Å². The zero-order valence-corrected chi connectivity index (χ0v) is 13.5. The van der Waals surface area contributed by atoms with Crippen LogP contribution < -0.4 is 10.2 Å². The van der Waals surface area contributed by atoms with Crippen molar-refractivity contribution in [1.29, 1.82) is 0 Å². The van der Waals surface area contributed by atoms with Gasteiger partial charge in [-0.15, -0.1) is 0 Å². The molecule has 2 aromatic rings. The number of nitrogens with zero attached hydrogens (tertiary/aromatic N) is 1. The first-order valence-electron chi connectivity index (χ1n) is 7.64. The van der Waals surface area contributed by atoms with Gasteiger partial charge in [0.1, 0.15) is 18.1 Å². The second-order valence-corrected chi connectivity index (χ2v) is 5.00. The van der Waals surface area contributed by atoms with Crippen molar-refractivity contribution in [2.24, 2.45) is 5.10 Å². The molecule has 124 valence electrons. The number of para-hydroxylation sites is 1. The summed E-state index contributed by atoms with van der Waals surface area (Å²) in [6.45, 7) is 5.86. The average Bonchev–Trinajstić information content (AvgIpc) is 2.62. The van der Waals surface area contributed by atoms with Crippen molar-refractivity contribution in [1.82, 2.24) is 5.43 Å². The van der Waals surface area contributed by atoms with Crippen LogP contribution in [0.3, 0.4) is 0 Å². The molecule has 0 atom stereocenters. The van der Waals surface area contributed by atoms with Crippen LogP contribution in [0.25, 0.3) is 0 Å². The fourth-order valence-electron chi connectivity index (χ4n) is 2.11. The maximum absolute atomic E-state index is 12.4. The number of hydrogen-bond donors (Lipinski definition) is 2. The second kappa shape index (κ2) is 8.53. The Hall–Kier alpha value is -3.08. The Morgan fingerprint density at radius 1 is 1.25 bits per heavy atom. The normalized spacial score (nSPS) is 11.0. The first-order valence-corrected chi connectivity index (χ1v) is 7.64. The fraction of sp³-hybridized carbons (Fsp3) is 0.158. The number of hydrogen-bond acceptors (Lipinski definition) is 4. The minimum Gasteiger partial charge on any atom is -0.508 e. The zero-order chi connectivity index (χ0) is 17.4. The summed E-state index contributed by atoms with van der Waals surface area (Å²) < 4.78 is 5.48. The Kier molecular flexibility index (Phi) is 6.14. The van der Waals surface area contributed by atoms with Gasteiger partial charge >= 0.3 is 0 Å². The molecule has 0 aliphatic rings. The van der Waals surface area contributed by atoms with Crippen LogP contribution in [-0.4, -0.2) is 23.3 Å². The average molecular weight is 324 g/mol. The molecule has 2 aromatic carbocycles. The molecule has 0 aliphatic carbocycles. The van der Waals surface area contributed by atoms with E-state index >= 15 is 0 Å². The van der Waals surface area contributed by atoms with Gasteiger partial charge in [-0.1, -0.05) is 31.7 Å². The molecule has 2 N–H and O–H groups in total. The molecule has 0 aromatic heterocycles. The maximum atomic E-state index is 12.4. The molecule has 5 heteroatoms. The minimum atomic E-state index is -0.348. The maximum Gasteiger partial charge on any atom is 0.275 e. The molecule has 2 rings (SSSR count). The highest BCUT2D eigenvalue weighted by atomic mass is 16.5. The van der Waals surface area contributed by atoms with Crippen LogP contribution in [0.1, 0.15) is 29.3 Å². The third kappa shape index (κ3) is 4.46. The molecule has 0 bridgehead atoms. The van der Waals surface area contributed by atoms with Crippen LogP contribution in [0.2, 0.25) is 0 Å². The number of phenolic OH excluding ortho intramolecular Hbond substituents is 1. The van der Waals surface area contributed by atoms with Gasteiger partial charge in [-0.05, 0) is 48.4 Å². The van der Waals surface area contributed by atoms with Crippen molar-refractivity contribution >= 4 is 11.6 Å². The topological polar surface area (TPSA) is 70.9 Å². The number of ether oxygens (including phenoxy) is 1. The highest BCUT2D eigenvalue weighted by Crippen LogP contribution is 2.18. The highest BCUT2D eigenvalue weighted by Gasteiger charge is 2.12. The fourth-order valence-corrected chi connectivity index (χ4v) is 2.11. The predicted molar refractivity (Wildman–Crippen MR) is 94.5 cm³/mol. The zero-order valence-electron chi connectivity index (χ0n) is 13.5. The number of nitrogens with one attached hydrogen (secondary N) is 1. The first kappa shape index (κ1) is 17.3. The van der Waals surface area contributed by atoms with E-state index in [4.69, 9.17) is 4.74 Å². The minimum absolute atomic E-state index is 0.187. The van der Waals surface area contributed by atoms with Crippen LogP contribution >= 0.6 is 0 Å². The summed E-state index contributed by atoms with van der Waals surface area (Å²) in [6.07, 6.45) is 2.26. The molecule has 5 nitrogen and oxygen atoms in total. The van der Waals surface area contributed by atoms with E-state index < -0.39 is 0 Å². The number of hydrazone groups is 1. The van der Waals surface area contributed by atoms with Gasteiger partial charge in [0.15, 0.2) is 0 Å². The SMILES string of the molecule is C=CCOc1ccccc1C(=O)N/N=C(\CC)c1ccc(O)cc1. The Balaban J connectivity index is 2.16. The van der Waals surface area contributed by atoms with Crippen LogP contribution in [0, 0.1) is 0 Å². The van der Waals surface area contributed by atoms with Gasteiger partial charge in [-0.3, -0.25) is 4.79 Å². The molecular formula is C19H20N2O3. The van der Waals surface area contributed by atoms with Gasteiger partial charge in [0.25, 0.3) is 5.91 Å². The van der Waals surface area contributed by atoms with Crippen molar-refractivity contribution in [2.45, 2.75) is 13.3 Å². The van der Waals surface area contributed by atoms with E-state index in [-0.39, 0.29) is 11.7 Å².